The minimum absolute atomic E-state index is 0.0271. The van der Waals surface area contributed by atoms with Gasteiger partial charge in [-0.2, -0.15) is 0 Å². The molecule has 5 heteroatoms. The first-order chi connectivity index (χ1) is 10.2. The van der Waals surface area contributed by atoms with Crippen LogP contribution in [0, 0.1) is 6.92 Å². The number of amides is 1. The Bertz CT molecular complexity index is 618. The minimum atomic E-state index is 0.0271. The van der Waals surface area contributed by atoms with E-state index in [-0.39, 0.29) is 5.91 Å². The molecule has 1 aromatic heterocycles. The molecule has 0 aliphatic carbocycles. The number of aromatic nitrogens is 2. The summed E-state index contributed by atoms with van der Waals surface area (Å²) in [5.41, 5.74) is 4.06. The molecule has 1 aromatic carbocycles. The second-order valence-corrected chi connectivity index (χ2v) is 4.90. The molecule has 21 heavy (non-hydrogen) atoms. The molecule has 2 N–H and O–H groups in total. The molecule has 0 aliphatic heterocycles. The standard InChI is InChI=1S/C16H22N4O/c1-4-16(21)19-15-8-6-7-14(12(15)3)18-10-13-9-17-11-20(13)5-2/h6-9,11,18H,4-5,10H2,1-3H3,(H,19,21). The van der Waals surface area contributed by atoms with Gasteiger partial charge in [-0.25, -0.2) is 4.98 Å². The number of carbonyl (C=O) groups excluding carboxylic acids is 1. The molecule has 2 rings (SSSR count). The van der Waals surface area contributed by atoms with E-state index < -0.39 is 0 Å². The Morgan fingerprint density at radius 3 is 2.76 bits per heavy atom. The van der Waals surface area contributed by atoms with Crippen molar-refractivity contribution in [1.29, 1.82) is 0 Å². The molecule has 0 atom stereocenters. The number of hydrogen-bond acceptors (Lipinski definition) is 3. The number of anilines is 2. The summed E-state index contributed by atoms with van der Waals surface area (Å²) in [6.45, 7) is 7.56. The van der Waals surface area contributed by atoms with Gasteiger partial charge in [0.05, 0.1) is 18.6 Å². The lowest BCUT2D eigenvalue weighted by Crippen LogP contribution is -2.12. The van der Waals surface area contributed by atoms with Crippen molar-refractivity contribution in [2.24, 2.45) is 0 Å². The van der Waals surface area contributed by atoms with Crippen molar-refractivity contribution in [2.45, 2.75) is 40.3 Å². The van der Waals surface area contributed by atoms with E-state index in [4.69, 9.17) is 0 Å². The van der Waals surface area contributed by atoms with Gasteiger partial charge in [0.15, 0.2) is 0 Å². The second kappa shape index (κ2) is 6.92. The molecule has 0 saturated carbocycles. The summed E-state index contributed by atoms with van der Waals surface area (Å²) in [6.07, 6.45) is 4.18. The van der Waals surface area contributed by atoms with Crippen LogP contribution in [0.4, 0.5) is 11.4 Å². The summed E-state index contributed by atoms with van der Waals surface area (Å²) in [7, 11) is 0. The van der Waals surface area contributed by atoms with Gasteiger partial charge in [0, 0.05) is 30.5 Å². The third kappa shape index (κ3) is 3.62. The fourth-order valence-electron chi connectivity index (χ4n) is 2.17. The SMILES string of the molecule is CCC(=O)Nc1cccc(NCc2cncn2CC)c1C. The largest absolute Gasteiger partial charge is 0.379 e. The normalized spacial score (nSPS) is 10.4. The quantitative estimate of drug-likeness (QED) is 0.857. The van der Waals surface area contributed by atoms with Crippen molar-refractivity contribution in [3.63, 3.8) is 0 Å². The summed E-state index contributed by atoms with van der Waals surface area (Å²) in [5, 5.41) is 6.33. The molecule has 0 unspecified atom stereocenters. The Kier molecular flexibility index (Phi) is 4.98. The van der Waals surface area contributed by atoms with Gasteiger partial charge >= 0.3 is 0 Å². The third-order valence-electron chi connectivity index (χ3n) is 3.53. The molecular formula is C16H22N4O. The maximum absolute atomic E-state index is 11.5. The van der Waals surface area contributed by atoms with E-state index in [1.807, 2.05) is 44.6 Å². The molecule has 1 heterocycles. The first-order valence-electron chi connectivity index (χ1n) is 7.28. The summed E-state index contributed by atoms with van der Waals surface area (Å²) in [4.78, 5) is 15.7. The number of carbonyl (C=O) groups is 1. The Hall–Kier alpha value is -2.30. The lowest BCUT2D eigenvalue weighted by molar-refractivity contribution is -0.115. The van der Waals surface area contributed by atoms with Crippen LogP contribution in [0.3, 0.4) is 0 Å². The molecule has 0 radical (unpaired) electrons. The van der Waals surface area contributed by atoms with E-state index in [0.717, 1.165) is 29.2 Å². The van der Waals surface area contributed by atoms with E-state index in [1.165, 1.54) is 0 Å². The monoisotopic (exact) mass is 286 g/mol. The van der Waals surface area contributed by atoms with Crippen LogP contribution in [0.1, 0.15) is 31.5 Å². The molecule has 112 valence electrons. The maximum atomic E-state index is 11.5. The average molecular weight is 286 g/mol. The van der Waals surface area contributed by atoms with Gasteiger partial charge in [-0.15, -0.1) is 0 Å². The van der Waals surface area contributed by atoms with Crippen LogP contribution in [0.25, 0.3) is 0 Å². The van der Waals surface area contributed by atoms with E-state index in [2.05, 4.69) is 27.1 Å². The van der Waals surface area contributed by atoms with Gasteiger partial charge in [-0.05, 0) is 31.5 Å². The molecule has 2 aromatic rings. The third-order valence-corrected chi connectivity index (χ3v) is 3.53. The molecule has 0 spiro atoms. The number of aryl methyl sites for hydroxylation is 1. The highest BCUT2D eigenvalue weighted by Crippen LogP contribution is 2.24. The van der Waals surface area contributed by atoms with Crippen molar-refractivity contribution < 1.29 is 4.79 Å². The number of nitrogens with one attached hydrogen (secondary N) is 2. The van der Waals surface area contributed by atoms with Gasteiger partial charge in [0.1, 0.15) is 0 Å². The lowest BCUT2D eigenvalue weighted by Gasteiger charge is -2.14. The van der Waals surface area contributed by atoms with Gasteiger partial charge in [0.2, 0.25) is 5.91 Å². The predicted molar refractivity (Wildman–Crippen MR) is 85.3 cm³/mol. The van der Waals surface area contributed by atoms with E-state index in [0.29, 0.717) is 13.0 Å². The van der Waals surface area contributed by atoms with Crippen LogP contribution in [-0.2, 0) is 17.9 Å². The van der Waals surface area contributed by atoms with Crippen molar-refractivity contribution >= 4 is 17.3 Å². The van der Waals surface area contributed by atoms with E-state index in [9.17, 15) is 4.79 Å². The topological polar surface area (TPSA) is 59.0 Å². The van der Waals surface area contributed by atoms with Gasteiger partial charge in [0.25, 0.3) is 0 Å². The number of imidazole rings is 1. The maximum Gasteiger partial charge on any atom is 0.224 e. The first-order valence-corrected chi connectivity index (χ1v) is 7.28. The number of nitrogens with zero attached hydrogens (tertiary/aromatic N) is 2. The number of rotatable bonds is 6. The summed E-state index contributed by atoms with van der Waals surface area (Å²) < 4.78 is 2.10. The van der Waals surface area contributed by atoms with E-state index in [1.54, 1.807) is 0 Å². The Morgan fingerprint density at radius 2 is 2.05 bits per heavy atom. The smallest absolute Gasteiger partial charge is 0.224 e. The summed E-state index contributed by atoms with van der Waals surface area (Å²) in [5.74, 6) is 0.0271. The average Bonchev–Trinajstić information content (AvgIpc) is 2.95. The predicted octanol–water partition coefficient (Wildman–Crippen LogP) is 3.17. The number of hydrogen-bond donors (Lipinski definition) is 2. The van der Waals surface area contributed by atoms with Crippen molar-refractivity contribution in [1.82, 2.24) is 9.55 Å². The second-order valence-electron chi connectivity index (χ2n) is 4.90. The van der Waals surface area contributed by atoms with Crippen LogP contribution < -0.4 is 10.6 Å². The van der Waals surface area contributed by atoms with Gasteiger partial charge in [-0.1, -0.05) is 13.0 Å². The van der Waals surface area contributed by atoms with Crippen LogP contribution in [0.15, 0.2) is 30.7 Å². The van der Waals surface area contributed by atoms with Crippen molar-refractivity contribution in [3.8, 4) is 0 Å². The molecule has 5 nitrogen and oxygen atoms in total. The zero-order valence-electron chi connectivity index (χ0n) is 12.8. The highest BCUT2D eigenvalue weighted by Gasteiger charge is 2.07. The Labute approximate surface area is 125 Å². The Balaban J connectivity index is 2.10. The van der Waals surface area contributed by atoms with E-state index >= 15 is 0 Å². The van der Waals surface area contributed by atoms with Crippen LogP contribution in [0.5, 0.6) is 0 Å². The zero-order chi connectivity index (χ0) is 15.2. The molecule has 0 fully saturated rings. The van der Waals surface area contributed by atoms with Crippen molar-refractivity contribution in [3.05, 3.63) is 42.0 Å². The van der Waals surface area contributed by atoms with Crippen molar-refractivity contribution in [2.75, 3.05) is 10.6 Å². The molecule has 0 bridgehead atoms. The van der Waals surface area contributed by atoms with Gasteiger partial charge < -0.3 is 15.2 Å². The van der Waals surface area contributed by atoms with Crippen LogP contribution in [0.2, 0.25) is 0 Å². The minimum Gasteiger partial charge on any atom is -0.379 e. The van der Waals surface area contributed by atoms with Crippen LogP contribution >= 0.6 is 0 Å². The lowest BCUT2D eigenvalue weighted by atomic mass is 10.1. The number of benzene rings is 1. The molecule has 0 saturated heterocycles. The molecular weight excluding hydrogens is 264 g/mol. The summed E-state index contributed by atoms with van der Waals surface area (Å²) >= 11 is 0. The van der Waals surface area contributed by atoms with Crippen LogP contribution in [-0.4, -0.2) is 15.5 Å². The highest BCUT2D eigenvalue weighted by molar-refractivity contribution is 5.92. The van der Waals surface area contributed by atoms with Gasteiger partial charge in [-0.3, -0.25) is 4.79 Å². The highest BCUT2D eigenvalue weighted by atomic mass is 16.1. The zero-order valence-corrected chi connectivity index (χ0v) is 12.8. The fraction of sp³-hybridized carbons (Fsp3) is 0.375. The molecule has 0 aliphatic rings. The first kappa shape index (κ1) is 15.1. The molecule has 1 amide bonds. The summed E-state index contributed by atoms with van der Waals surface area (Å²) in [6, 6.07) is 5.88. The fourth-order valence-corrected chi connectivity index (χ4v) is 2.17. The Morgan fingerprint density at radius 1 is 1.29 bits per heavy atom.